The molecule has 1 saturated heterocycles. The molecule has 0 radical (unpaired) electrons. The third kappa shape index (κ3) is 4.47. The predicted octanol–water partition coefficient (Wildman–Crippen LogP) is 4.42. The van der Waals surface area contributed by atoms with Crippen molar-refractivity contribution in [3.8, 4) is 6.07 Å². The number of benzene rings is 2. The second-order valence-electron chi connectivity index (χ2n) is 7.58. The molecule has 4 rings (SSSR count). The number of carbonyl (C=O) groups is 1. The fourth-order valence-electron chi connectivity index (χ4n) is 3.79. The zero-order chi connectivity index (χ0) is 20.9. The van der Waals surface area contributed by atoms with Crippen LogP contribution in [-0.2, 0) is 0 Å². The molecule has 0 aliphatic carbocycles. The second kappa shape index (κ2) is 8.75. The minimum Gasteiger partial charge on any atom is -0.338 e. The molecule has 6 heteroatoms. The zero-order valence-electron chi connectivity index (χ0n) is 16.9. The highest BCUT2D eigenvalue weighted by Gasteiger charge is 2.26. The van der Waals surface area contributed by atoms with Crippen molar-refractivity contribution in [2.24, 2.45) is 0 Å². The van der Waals surface area contributed by atoms with Crippen molar-refractivity contribution >= 4 is 17.5 Å². The molecular weight excluding hydrogens is 374 g/mol. The molecule has 30 heavy (non-hydrogen) atoms. The van der Waals surface area contributed by atoms with Gasteiger partial charge in [0.15, 0.2) is 0 Å². The van der Waals surface area contributed by atoms with E-state index in [0.717, 1.165) is 30.8 Å². The third-order valence-electron chi connectivity index (χ3n) is 5.34. The van der Waals surface area contributed by atoms with Crippen LogP contribution in [0.5, 0.6) is 0 Å². The van der Waals surface area contributed by atoms with E-state index in [0.29, 0.717) is 23.6 Å². The number of piperidine rings is 1. The topological polar surface area (TPSA) is 81.9 Å². The SMILES string of the molecule is Cc1cccc(Nc2nccc([C@@H]3CCCN(C(=O)c4ccc(C#N)cc4)C3)n2)c1. The van der Waals surface area contributed by atoms with Crippen LogP contribution in [0.2, 0.25) is 0 Å². The molecule has 150 valence electrons. The van der Waals surface area contributed by atoms with E-state index in [1.165, 1.54) is 5.56 Å². The van der Waals surface area contributed by atoms with Gasteiger partial charge in [0.2, 0.25) is 5.95 Å². The Balaban J connectivity index is 1.47. The number of hydrogen-bond donors (Lipinski definition) is 1. The Morgan fingerprint density at radius 1 is 1.20 bits per heavy atom. The lowest BCUT2D eigenvalue weighted by atomic mass is 9.94. The van der Waals surface area contributed by atoms with Crippen LogP contribution in [0.15, 0.2) is 60.8 Å². The van der Waals surface area contributed by atoms with Gasteiger partial charge >= 0.3 is 0 Å². The van der Waals surface area contributed by atoms with E-state index in [1.807, 2.05) is 36.1 Å². The van der Waals surface area contributed by atoms with Gasteiger partial charge in [-0.05, 0) is 67.8 Å². The summed E-state index contributed by atoms with van der Waals surface area (Å²) >= 11 is 0. The summed E-state index contributed by atoms with van der Waals surface area (Å²) in [5.41, 5.74) is 4.23. The molecule has 0 unspecified atom stereocenters. The molecule has 1 aliphatic heterocycles. The summed E-state index contributed by atoms with van der Waals surface area (Å²) in [5, 5.41) is 12.2. The van der Waals surface area contributed by atoms with Crippen molar-refractivity contribution in [3.63, 3.8) is 0 Å². The number of amides is 1. The Bertz CT molecular complexity index is 1090. The second-order valence-corrected chi connectivity index (χ2v) is 7.58. The van der Waals surface area contributed by atoms with Gasteiger partial charge in [-0.1, -0.05) is 12.1 Å². The maximum absolute atomic E-state index is 12.9. The van der Waals surface area contributed by atoms with E-state index in [4.69, 9.17) is 10.2 Å². The van der Waals surface area contributed by atoms with Crippen molar-refractivity contribution in [1.29, 1.82) is 5.26 Å². The fraction of sp³-hybridized carbons (Fsp3) is 0.250. The Hall–Kier alpha value is -3.72. The quantitative estimate of drug-likeness (QED) is 0.705. The van der Waals surface area contributed by atoms with E-state index < -0.39 is 0 Å². The van der Waals surface area contributed by atoms with E-state index in [9.17, 15) is 4.79 Å². The summed E-state index contributed by atoms with van der Waals surface area (Å²) in [5.74, 6) is 0.729. The van der Waals surface area contributed by atoms with Gasteiger partial charge in [0.05, 0.1) is 17.3 Å². The first kappa shape index (κ1) is 19.6. The first-order chi connectivity index (χ1) is 14.6. The van der Waals surface area contributed by atoms with Gasteiger partial charge in [-0.25, -0.2) is 9.97 Å². The number of nitrogens with zero attached hydrogens (tertiary/aromatic N) is 4. The molecule has 0 spiro atoms. The summed E-state index contributed by atoms with van der Waals surface area (Å²) < 4.78 is 0. The number of carbonyl (C=O) groups excluding carboxylic acids is 1. The van der Waals surface area contributed by atoms with Gasteiger partial charge in [-0.2, -0.15) is 5.26 Å². The van der Waals surface area contributed by atoms with Crippen LogP contribution < -0.4 is 5.32 Å². The van der Waals surface area contributed by atoms with Crippen LogP contribution in [0.1, 0.15) is 45.9 Å². The molecule has 1 fully saturated rings. The van der Waals surface area contributed by atoms with Gasteiger partial charge in [-0.15, -0.1) is 0 Å². The Morgan fingerprint density at radius 2 is 2.03 bits per heavy atom. The summed E-state index contributed by atoms with van der Waals surface area (Å²) in [6, 6.07) is 18.9. The van der Waals surface area contributed by atoms with Crippen molar-refractivity contribution < 1.29 is 4.79 Å². The first-order valence-corrected chi connectivity index (χ1v) is 10.1. The number of nitriles is 1. The highest BCUT2D eigenvalue weighted by Crippen LogP contribution is 2.27. The van der Waals surface area contributed by atoms with Crippen molar-refractivity contribution in [1.82, 2.24) is 14.9 Å². The van der Waals surface area contributed by atoms with E-state index in [-0.39, 0.29) is 11.8 Å². The molecule has 3 aromatic rings. The lowest BCUT2D eigenvalue weighted by Crippen LogP contribution is -2.39. The Kier molecular flexibility index (Phi) is 5.71. The van der Waals surface area contributed by atoms with Crippen molar-refractivity contribution in [2.45, 2.75) is 25.7 Å². The number of rotatable bonds is 4. The Labute approximate surface area is 176 Å². The molecule has 1 amide bonds. The maximum Gasteiger partial charge on any atom is 0.253 e. The highest BCUT2D eigenvalue weighted by molar-refractivity contribution is 5.94. The number of aromatic nitrogens is 2. The summed E-state index contributed by atoms with van der Waals surface area (Å²) in [6.45, 7) is 3.40. The first-order valence-electron chi connectivity index (χ1n) is 10.1. The fourth-order valence-corrected chi connectivity index (χ4v) is 3.79. The summed E-state index contributed by atoms with van der Waals surface area (Å²) in [6.07, 6.45) is 3.68. The average molecular weight is 397 g/mol. The molecule has 1 aromatic heterocycles. The standard InChI is InChI=1S/C24H23N5O/c1-17-4-2-6-21(14-17)27-24-26-12-11-22(28-24)20-5-3-13-29(16-20)23(30)19-9-7-18(15-25)8-10-19/h2,4,6-12,14,20H,3,5,13,16H2,1H3,(H,26,27,28)/t20-/m1/s1. The van der Waals surface area contributed by atoms with Crippen LogP contribution in [0.3, 0.4) is 0 Å². The number of aryl methyl sites for hydroxylation is 1. The van der Waals surface area contributed by atoms with Gasteiger partial charge in [0.25, 0.3) is 5.91 Å². The number of hydrogen-bond acceptors (Lipinski definition) is 5. The molecule has 0 saturated carbocycles. The van der Waals surface area contributed by atoms with E-state index in [2.05, 4.69) is 22.4 Å². The van der Waals surface area contributed by atoms with Crippen molar-refractivity contribution in [3.05, 3.63) is 83.2 Å². The van der Waals surface area contributed by atoms with Gasteiger partial charge in [-0.3, -0.25) is 4.79 Å². The molecule has 2 heterocycles. The molecule has 6 nitrogen and oxygen atoms in total. The number of anilines is 2. The Morgan fingerprint density at radius 3 is 2.80 bits per heavy atom. The smallest absolute Gasteiger partial charge is 0.253 e. The van der Waals surface area contributed by atoms with Crippen LogP contribution in [0.25, 0.3) is 0 Å². The molecule has 1 aliphatic rings. The van der Waals surface area contributed by atoms with Crippen molar-refractivity contribution in [2.75, 3.05) is 18.4 Å². The molecular formula is C24H23N5O. The molecule has 2 aromatic carbocycles. The zero-order valence-corrected chi connectivity index (χ0v) is 16.9. The van der Waals surface area contributed by atoms with Gasteiger partial charge < -0.3 is 10.2 Å². The largest absolute Gasteiger partial charge is 0.338 e. The monoisotopic (exact) mass is 397 g/mol. The molecule has 1 N–H and O–H groups in total. The third-order valence-corrected chi connectivity index (χ3v) is 5.34. The number of nitrogens with one attached hydrogen (secondary N) is 1. The van der Waals surface area contributed by atoms with Gasteiger partial charge in [0.1, 0.15) is 0 Å². The predicted molar refractivity (Wildman–Crippen MR) is 116 cm³/mol. The van der Waals surface area contributed by atoms with E-state index >= 15 is 0 Å². The molecule has 1 atom stereocenters. The summed E-state index contributed by atoms with van der Waals surface area (Å²) in [4.78, 5) is 23.9. The lowest BCUT2D eigenvalue weighted by molar-refractivity contribution is 0.0706. The minimum atomic E-state index is -0.00337. The van der Waals surface area contributed by atoms with E-state index in [1.54, 1.807) is 30.5 Å². The highest BCUT2D eigenvalue weighted by atomic mass is 16.2. The molecule has 0 bridgehead atoms. The van der Waals surface area contributed by atoms with Crippen LogP contribution >= 0.6 is 0 Å². The van der Waals surface area contributed by atoms with Gasteiger partial charge in [0, 0.05) is 36.5 Å². The number of likely N-dealkylation sites (tertiary alicyclic amines) is 1. The van der Waals surface area contributed by atoms with Crippen LogP contribution in [0, 0.1) is 18.3 Å². The minimum absolute atomic E-state index is 0.00337. The van der Waals surface area contributed by atoms with Crippen LogP contribution in [-0.4, -0.2) is 33.9 Å². The lowest BCUT2D eigenvalue weighted by Gasteiger charge is -2.32. The van der Waals surface area contributed by atoms with Crippen LogP contribution in [0.4, 0.5) is 11.6 Å². The summed E-state index contributed by atoms with van der Waals surface area (Å²) in [7, 11) is 0. The maximum atomic E-state index is 12.9. The average Bonchev–Trinajstić information content (AvgIpc) is 2.79. The normalized spacial score (nSPS) is 16.0.